The van der Waals surface area contributed by atoms with Crippen LogP contribution >= 0.6 is 0 Å². The van der Waals surface area contributed by atoms with Gasteiger partial charge in [0.2, 0.25) is 5.91 Å². The third kappa shape index (κ3) is 4.05. The van der Waals surface area contributed by atoms with Gasteiger partial charge >= 0.3 is 0 Å². The lowest BCUT2D eigenvalue weighted by molar-refractivity contribution is -0.132. The van der Waals surface area contributed by atoms with Gasteiger partial charge in [0.05, 0.1) is 6.54 Å². The summed E-state index contributed by atoms with van der Waals surface area (Å²) in [6.45, 7) is 3.44. The lowest BCUT2D eigenvalue weighted by Crippen LogP contribution is -2.37. The van der Waals surface area contributed by atoms with E-state index in [4.69, 9.17) is 6.42 Å². The Morgan fingerprint density at radius 2 is 2.18 bits per heavy atom. The van der Waals surface area contributed by atoms with Crippen molar-refractivity contribution in [3.63, 3.8) is 0 Å². The third-order valence-electron chi connectivity index (χ3n) is 3.67. The molecule has 1 saturated heterocycles. The van der Waals surface area contributed by atoms with Crippen molar-refractivity contribution in [2.24, 2.45) is 11.8 Å². The Balaban J connectivity index is 1.79. The number of nitrogens with one attached hydrogen (secondary N) is 1. The van der Waals surface area contributed by atoms with E-state index < -0.39 is 0 Å². The van der Waals surface area contributed by atoms with Gasteiger partial charge < -0.3 is 10.2 Å². The maximum absolute atomic E-state index is 12.2. The SMILES string of the molecule is C#CCN(CC1CC1)C(=O)CC1CCCNC1. The van der Waals surface area contributed by atoms with E-state index in [0.717, 1.165) is 25.6 Å². The fraction of sp³-hybridized carbons (Fsp3) is 0.786. The summed E-state index contributed by atoms with van der Waals surface area (Å²) < 4.78 is 0. The van der Waals surface area contributed by atoms with Crippen molar-refractivity contribution in [3.8, 4) is 12.3 Å². The standard InChI is InChI=1S/C14H22N2O/c1-2-8-16(11-12-5-6-12)14(17)9-13-4-3-7-15-10-13/h1,12-13,15H,3-11H2. The second-order valence-corrected chi connectivity index (χ2v) is 5.34. The molecular formula is C14H22N2O. The van der Waals surface area contributed by atoms with E-state index in [2.05, 4.69) is 11.2 Å². The van der Waals surface area contributed by atoms with Crippen LogP contribution in [0.1, 0.15) is 32.1 Å². The lowest BCUT2D eigenvalue weighted by Gasteiger charge is -2.26. The zero-order valence-electron chi connectivity index (χ0n) is 10.5. The van der Waals surface area contributed by atoms with Crippen LogP contribution in [-0.4, -0.2) is 37.0 Å². The van der Waals surface area contributed by atoms with Gasteiger partial charge in [0.1, 0.15) is 0 Å². The zero-order valence-corrected chi connectivity index (χ0v) is 10.5. The number of carbonyl (C=O) groups excluding carboxylic acids is 1. The molecule has 0 aromatic carbocycles. The highest BCUT2D eigenvalue weighted by atomic mass is 16.2. The molecule has 1 heterocycles. The maximum Gasteiger partial charge on any atom is 0.223 e. The van der Waals surface area contributed by atoms with E-state index in [-0.39, 0.29) is 5.91 Å². The van der Waals surface area contributed by atoms with E-state index in [1.54, 1.807) is 0 Å². The van der Waals surface area contributed by atoms with Gasteiger partial charge in [-0.2, -0.15) is 0 Å². The molecule has 3 nitrogen and oxygen atoms in total. The average Bonchev–Trinajstić information content (AvgIpc) is 3.14. The number of nitrogens with zero attached hydrogens (tertiary/aromatic N) is 1. The Morgan fingerprint density at radius 1 is 1.35 bits per heavy atom. The van der Waals surface area contributed by atoms with Gasteiger partial charge in [-0.05, 0) is 50.6 Å². The average molecular weight is 234 g/mol. The monoisotopic (exact) mass is 234 g/mol. The number of rotatable bonds is 5. The fourth-order valence-electron chi connectivity index (χ4n) is 2.45. The number of carbonyl (C=O) groups is 1. The number of terminal acetylenes is 1. The molecule has 94 valence electrons. The molecule has 1 aliphatic carbocycles. The third-order valence-corrected chi connectivity index (χ3v) is 3.67. The highest BCUT2D eigenvalue weighted by Crippen LogP contribution is 2.30. The van der Waals surface area contributed by atoms with Crippen molar-refractivity contribution in [2.75, 3.05) is 26.2 Å². The number of piperidine rings is 1. The Kier molecular flexibility index (Phi) is 4.44. The highest BCUT2D eigenvalue weighted by Gasteiger charge is 2.27. The van der Waals surface area contributed by atoms with Crippen molar-refractivity contribution in [1.29, 1.82) is 0 Å². The summed E-state index contributed by atoms with van der Waals surface area (Å²) in [7, 11) is 0. The minimum absolute atomic E-state index is 0.253. The molecule has 0 aromatic heterocycles. The van der Waals surface area contributed by atoms with Crippen molar-refractivity contribution in [2.45, 2.75) is 32.1 Å². The molecule has 2 aliphatic rings. The van der Waals surface area contributed by atoms with Crippen LogP contribution in [0.2, 0.25) is 0 Å². The van der Waals surface area contributed by atoms with Crippen LogP contribution in [0.25, 0.3) is 0 Å². The Bertz CT molecular complexity index is 298. The van der Waals surface area contributed by atoms with Crippen LogP contribution in [-0.2, 0) is 4.79 Å². The topological polar surface area (TPSA) is 32.3 Å². The molecule has 0 aromatic rings. The van der Waals surface area contributed by atoms with E-state index in [1.807, 2.05) is 4.90 Å². The van der Waals surface area contributed by atoms with Gasteiger partial charge in [-0.25, -0.2) is 0 Å². The first-order valence-electron chi connectivity index (χ1n) is 6.71. The molecule has 1 amide bonds. The molecule has 1 aliphatic heterocycles. The minimum atomic E-state index is 0.253. The summed E-state index contributed by atoms with van der Waals surface area (Å²) >= 11 is 0. The Morgan fingerprint density at radius 3 is 2.76 bits per heavy atom. The van der Waals surface area contributed by atoms with Crippen molar-refractivity contribution < 1.29 is 4.79 Å². The molecule has 1 unspecified atom stereocenters. The molecule has 3 heteroatoms. The molecule has 1 saturated carbocycles. The summed E-state index contributed by atoms with van der Waals surface area (Å²) in [5.41, 5.74) is 0. The molecule has 2 fully saturated rings. The predicted octanol–water partition coefficient (Wildman–Crippen LogP) is 1.25. The smallest absolute Gasteiger partial charge is 0.223 e. The second kappa shape index (κ2) is 6.07. The van der Waals surface area contributed by atoms with Crippen LogP contribution < -0.4 is 5.32 Å². The Hall–Kier alpha value is -1.01. The minimum Gasteiger partial charge on any atom is -0.331 e. The quantitative estimate of drug-likeness (QED) is 0.726. The van der Waals surface area contributed by atoms with Gasteiger partial charge in [0, 0.05) is 13.0 Å². The van der Waals surface area contributed by atoms with Gasteiger partial charge in [-0.1, -0.05) is 5.92 Å². The molecule has 1 atom stereocenters. The summed E-state index contributed by atoms with van der Waals surface area (Å²) in [5, 5.41) is 3.35. The van der Waals surface area contributed by atoms with Gasteiger partial charge in [0.25, 0.3) is 0 Å². The Labute approximate surface area is 104 Å². The first-order chi connectivity index (χ1) is 8.29. The zero-order chi connectivity index (χ0) is 12.1. The molecule has 2 rings (SSSR count). The van der Waals surface area contributed by atoms with Gasteiger partial charge in [0.15, 0.2) is 0 Å². The molecule has 1 N–H and O–H groups in total. The molecule has 0 bridgehead atoms. The van der Waals surface area contributed by atoms with E-state index in [0.29, 0.717) is 18.9 Å². The van der Waals surface area contributed by atoms with Crippen molar-refractivity contribution in [1.82, 2.24) is 10.2 Å². The van der Waals surface area contributed by atoms with Gasteiger partial charge in [-0.3, -0.25) is 4.79 Å². The maximum atomic E-state index is 12.2. The van der Waals surface area contributed by atoms with Crippen molar-refractivity contribution >= 4 is 5.91 Å². The van der Waals surface area contributed by atoms with E-state index in [9.17, 15) is 4.79 Å². The van der Waals surface area contributed by atoms with Crippen LogP contribution in [0, 0.1) is 24.2 Å². The van der Waals surface area contributed by atoms with Crippen LogP contribution in [0.4, 0.5) is 0 Å². The molecule has 0 spiro atoms. The van der Waals surface area contributed by atoms with E-state index in [1.165, 1.54) is 25.7 Å². The first-order valence-corrected chi connectivity index (χ1v) is 6.71. The number of hydrogen-bond acceptors (Lipinski definition) is 2. The van der Waals surface area contributed by atoms with Crippen molar-refractivity contribution in [3.05, 3.63) is 0 Å². The van der Waals surface area contributed by atoms with E-state index >= 15 is 0 Å². The summed E-state index contributed by atoms with van der Waals surface area (Å²) in [6, 6.07) is 0. The second-order valence-electron chi connectivity index (χ2n) is 5.34. The molecule has 17 heavy (non-hydrogen) atoms. The number of hydrogen-bond donors (Lipinski definition) is 1. The van der Waals surface area contributed by atoms with Crippen LogP contribution in [0.5, 0.6) is 0 Å². The predicted molar refractivity (Wildman–Crippen MR) is 68.3 cm³/mol. The summed E-state index contributed by atoms with van der Waals surface area (Å²) in [4.78, 5) is 14.0. The van der Waals surface area contributed by atoms with Crippen LogP contribution in [0.3, 0.4) is 0 Å². The normalized spacial score (nSPS) is 24.1. The summed E-state index contributed by atoms with van der Waals surface area (Å²) in [5.74, 6) is 4.09. The largest absolute Gasteiger partial charge is 0.331 e. The fourth-order valence-corrected chi connectivity index (χ4v) is 2.45. The summed E-state index contributed by atoms with van der Waals surface area (Å²) in [6.07, 6.45) is 10.9. The van der Waals surface area contributed by atoms with Crippen LogP contribution in [0.15, 0.2) is 0 Å². The first kappa shape index (κ1) is 12.4. The molecule has 0 radical (unpaired) electrons. The number of amides is 1. The highest BCUT2D eigenvalue weighted by molar-refractivity contribution is 5.76. The molecular weight excluding hydrogens is 212 g/mol. The lowest BCUT2D eigenvalue weighted by atomic mass is 9.95. The van der Waals surface area contributed by atoms with Gasteiger partial charge in [-0.15, -0.1) is 6.42 Å².